The van der Waals surface area contributed by atoms with Crippen molar-refractivity contribution in [2.24, 2.45) is 0 Å². The minimum absolute atomic E-state index is 0.131. The highest BCUT2D eigenvalue weighted by Gasteiger charge is 2.35. The van der Waals surface area contributed by atoms with E-state index in [4.69, 9.17) is 9.47 Å². The topological polar surface area (TPSA) is 55.8 Å². The van der Waals surface area contributed by atoms with Crippen molar-refractivity contribution in [3.05, 3.63) is 42.0 Å². The van der Waals surface area contributed by atoms with Crippen molar-refractivity contribution >= 4 is 5.97 Å². The van der Waals surface area contributed by atoms with Gasteiger partial charge in [-0.15, -0.1) is 6.58 Å². The zero-order valence-electron chi connectivity index (χ0n) is 12.3. The van der Waals surface area contributed by atoms with Gasteiger partial charge in [-0.2, -0.15) is 0 Å². The quantitative estimate of drug-likeness (QED) is 0.615. The lowest BCUT2D eigenvalue weighted by Crippen LogP contribution is -2.30. The number of rotatable bonds is 7. The standard InChI is InChI=1S/C16H22O4/c1-5-20-15(17)11-16(18,10-12(2)3)13-8-6-7-9-14(13)19-4/h6-9,18H,2,5,10-11H2,1,3-4H3. The molecule has 20 heavy (non-hydrogen) atoms. The monoisotopic (exact) mass is 278 g/mol. The average Bonchev–Trinajstić information content (AvgIpc) is 2.37. The van der Waals surface area contributed by atoms with Gasteiger partial charge >= 0.3 is 5.97 Å². The molecule has 1 rings (SSSR count). The third kappa shape index (κ3) is 4.10. The molecule has 0 aliphatic rings. The molecule has 1 aromatic carbocycles. The summed E-state index contributed by atoms with van der Waals surface area (Å²) < 4.78 is 10.2. The molecule has 0 aromatic heterocycles. The van der Waals surface area contributed by atoms with E-state index >= 15 is 0 Å². The van der Waals surface area contributed by atoms with Crippen LogP contribution in [-0.2, 0) is 15.1 Å². The molecule has 0 heterocycles. The summed E-state index contributed by atoms with van der Waals surface area (Å²) in [6, 6.07) is 7.12. The van der Waals surface area contributed by atoms with E-state index in [-0.39, 0.29) is 19.4 Å². The van der Waals surface area contributed by atoms with Gasteiger partial charge in [-0.25, -0.2) is 0 Å². The van der Waals surface area contributed by atoms with Gasteiger partial charge in [-0.1, -0.05) is 23.8 Å². The van der Waals surface area contributed by atoms with Crippen LogP contribution in [0.4, 0.5) is 0 Å². The number of aliphatic hydroxyl groups is 1. The van der Waals surface area contributed by atoms with Crippen molar-refractivity contribution in [3.63, 3.8) is 0 Å². The summed E-state index contributed by atoms with van der Waals surface area (Å²) in [5.41, 5.74) is -0.0220. The second-order valence-electron chi connectivity index (χ2n) is 4.85. The van der Waals surface area contributed by atoms with Crippen LogP contribution >= 0.6 is 0 Å². The van der Waals surface area contributed by atoms with Crippen LogP contribution in [0.3, 0.4) is 0 Å². The molecule has 4 heteroatoms. The van der Waals surface area contributed by atoms with E-state index in [1.54, 1.807) is 25.1 Å². The SMILES string of the molecule is C=C(C)CC(O)(CC(=O)OCC)c1ccccc1OC. The van der Waals surface area contributed by atoms with Crippen molar-refractivity contribution in [1.82, 2.24) is 0 Å². The fraction of sp³-hybridized carbons (Fsp3) is 0.438. The van der Waals surface area contributed by atoms with Gasteiger partial charge in [0, 0.05) is 12.0 Å². The Labute approximate surface area is 120 Å². The number of carbonyl (C=O) groups is 1. The molecular formula is C16H22O4. The molecule has 0 radical (unpaired) electrons. The van der Waals surface area contributed by atoms with Gasteiger partial charge in [-0.05, 0) is 19.9 Å². The summed E-state index contributed by atoms with van der Waals surface area (Å²) in [4.78, 5) is 11.8. The second kappa shape index (κ2) is 7.10. The number of hydrogen-bond acceptors (Lipinski definition) is 4. The van der Waals surface area contributed by atoms with Crippen molar-refractivity contribution in [2.75, 3.05) is 13.7 Å². The van der Waals surface area contributed by atoms with Crippen molar-refractivity contribution in [3.8, 4) is 5.75 Å². The highest BCUT2D eigenvalue weighted by molar-refractivity contribution is 5.71. The first-order valence-corrected chi connectivity index (χ1v) is 6.59. The summed E-state index contributed by atoms with van der Waals surface area (Å²) in [7, 11) is 1.53. The van der Waals surface area contributed by atoms with Crippen LogP contribution in [0.5, 0.6) is 5.75 Å². The van der Waals surface area contributed by atoms with E-state index in [9.17, 15) is 9.90 Å². The number of benzene rings is 1. The lowest BCUT2D eigenvalue weighted by atomic mass is 9.84. The summed E-state index contributed by atoms with van der Waals surface area (Å²) in [5, 5.41) is 10.9. The van der Waals surface area contributed by atoms with E-state index in [1.807, 2.05) is 13.0 Å². The van der Waals surface area contributed by atoms with Crippen LogP contribution in [0.25, 0.3) is 0 Å². The second-order valence-corrected chi connectivity index (χ2v) is 4.85. The molecule has 1 aromatic rings. The molecule has 1 N–H and O–H groups in total. The number of esters is 1. The van der Waals surface area contributed by atoms with Crippen LogP contribution in [0.2, 0.25) is 0 Å². The van der Waals surface area contributed by atoms with Crippen LogP contribution < -0.4 is 4.74 Å². The highest BCUT2D eigenvalue weighted by Crippen LogP contribution is 2.37. The van der Waals surface area contributed by atoms with Crippen LogP contribution in [0, 0.1) is 0 Å². The Bertz CT molecular complexity index is 481. The lowest BCUT2D eigenvalue weighted by Gasteiger charge is -2.29. The molecule has 1 unspecified atom stereocenters. The Morgan fingerprint density at radius 1 is 1.35 bits per heavy atom. The number of carbonyl (C=O) groups excluding carboxylic acids is 1. The van der Waals surface area contributed by atoms with Crippen LogP contribution in [-0.4, -0.2) is 24.8 Å². The summed E-state index contributed by atoms with van der Waals surface area (Å²) in [6.45, 7) is 7.65. The van der Waals surface area contributed by atoms with Crippen molar-refractivity contribution in [2.45, 2.75) is 32.3 Å². The first kappa shape index (κ1) is 16.2. The number of para-hydroxylation sites is 1. The Morgan fingerprint density at radius 2 is 2.00 bits per heavy atom. The van der Waals surface area contributed by atoms with Gasteiger partial charge in [0.05, 0.1) is 20.1 Å². The van der Waals surface area contributed by atoms with E-state index < -0.39 is 11.6 Å². The maximum Gasteiger partial charge on any atom is 0.309 e. The van der Waals surface area contributed by atoms with Crippen LogP contribution in [0.15, 0.2) is 36.4 Å². The number of methoxy groups -OCH3 is 1. The minimum atomic E-state index is -1.37. The van der Waals surface area contributed by atoms with E-state index in [2.05, 4.69) is 6.58 Å². The molecular weight excluding hydrogens is 256 g/mol. The first-order chi connectivity index (χ1) is 9.42. The lowest BCUT2D eigenvalue weighted by molar-refractivity contribution is -0.149. The fourth-order valence-corrected chi connectivity index (χ4v) is 2.23. The van der Waals surface area contributed by atoms with Crippen molar-refractivity contribution < 1.29 is 19.4 Å². The first-order valence-electron chi connectivity index (χ1n) is 6.59. The summed E-state index contributed by atoms with van der Waals surface area (Å²) >= 11 is 0. The molecule has 0 aliphatic carbocycles. The zero-order chi connectivity index (χ0) is 15.2. The Balaban J connectivity index is 3.15. The maximum atomic E-state index is 11.8. The maximum absolute atomic E-state index is 11.8. The van der Waals surface area contributed by atoms with E-state index in [1.165, 1.54) is 7.11 Å². The minimum Gasteiger partial charge on any atom is -0.496 e. The van der Waals surface area contributed by atoms with Gasteiger partial charge in [-0.3, -0.25) is 4.79 Å². The van der Waals surface area contributed by atoms with Gasteiger partial charge in [0.15, 0.2) is 0 Å². The van der Waals surface area contributed by atoms with Gasteiger partial charge in [0.1, 0.15) is 11.4 Å². The molecule has 0 saturated carbocycles. The Hall–Kier alpha value is -1.81. The molecule has 0 bridgehead atoms. The smallest absolute Gasteiger partial charge is 0.309 e. The van der Waals surface area contributed by atoms with Gasteiger partial charge in [0.25, 0.3) is 0 Å². The third-order valence-electron chi connectivity index (χ3n) is 2.94. The largest absolute Gasteiger partial charge is 0.496 e. The Kier molecular flexibility index (Phi) is 5.77. The summed E-state index contributed by atoms with van der Waals surface area (Å²) in [5.74, 6) is 0.0997. The fourth-order valence-electron chi connectivity index (χ4n) is 2.23. The molecule has 1 atom stereocenters. The van der Waals surface area contributed by atoms with E-state index in [0.29, 0.717) is 11.3 Å². The number of hydrogen-bond donors (Lipinski definition) is 1. The zero-order valence-corrected chi connectivity index (χ0v) is 12.3. The molecule has 0 amide bonds. The normalized spacial score (nSPS) is 13.4. The molecule has 0 aliphatic heterocycles. The molecule has 0 fully saturated rings. The molecule has 0 spiro atoms. The Morgan fingerprint density at radius 3 is 2.55 bits per heavy atom. The number of ether oxygens (including phenoxy) is 2. The predicted molar refractivity (Wildman–Crippen MR) is 77.6 cm³/mol. The summed E-state index contributed by atoms with van der Waals surface area (Å²) in [6.07, 6.45) is 0.139. The third-order valence-corrected chi connectivity index (χ3v) is 2.94. The van der Waals surface area contributed by atoms with Crippen LogP contribution in [0.1, 0.15) is 32.3 Å². The molecule has 110 valence electrons. The van der Waals surface area contributed by atoms with Gasteiger partial charge < -0.3 is 14.6 Å². The van der Waals surface area contributed by atoms with E-state index in [0.717, 1.165) is 5.57 Å². The molecule has 0 saturated heterocycles. The molecule has 4 nitrogen and oxygen atoms in total. The highest BCUT2D eigenvalue weighted by atomic mass is 16.5. The van der Waals surface area contributed by atoms with Crippen molar-refractivity contribution in [1.29, 1.82) is 0 Å². The van der Waals surface area contributed by atoms with Gasteiger partial charge in [0.2, 0.25) is 0 Å². The predicted octanol–water partition coefficient (Wildman–Crippen LogP) is 2.80. The average molecular weight is 278 g/mol.